The number of hydrogen-bond acceptors (Lipinski definition) is 7. The van der Waals surface area contributed by atoms with Crippen molar-refractivity contribution in [3.63, 3.8) is 0 Å². The van der Waals surface area contributed by atoms with Crippen LogP contribution in [0.25, 0.3) is 11.9 Å². The minimum Gasteiger partial charge on any atom is -0.354 e. The third-order valence-electron chi connectivity index (χ3n) is 2.70. The van der Waals surface area contributed by atoms with Gasteiger partial charge in [0.15, 0.2) is 0 Å². The number of nitrogens with one attached hydrogen (secondary N) is 1. The van der Waals surface area contributed by atoms with Crippen LogP contribution in [0.15, 0.2) is 24.9 Å². The van der Waals surface area contributed by atoms with E-state index < -0.39 is 0 Å². The van der Waals surface area contributed by atoms with Gasteiger partial charge in [-0.25, -0.2) is 9.67 Å². The molecule has 0 amide bonds. The van der Waals surface area contributed by atoms with E-state index in [9.17, 15) is 0 Å². The minimum absolute atomic E-state index is 0.393. The molecule has 9 nitrogen and oxygen atoms in total. The summed E-state index contributed by atoms with van der Waals surface area (Å²) in [6.45, 7) is 4.76. The Morgan fingerprint density at radius 3 is 2.57 bits per heavy atom. The van der Waals surface area contributed by atoms with Crippen molar-refractivity contribution in [2.45, 2.75) is 20.3 Å². The van der Waals surface area contributed by atoms with Crippen molar-refractivity contribution in [3.05, 3.63) is 30.6 Å². The highest BCUT2D eigenvalue weighted by Crippen LogP contribution is 2.08. The van der Waals surface area contributed by atoms with Crippen LogP contribution in [-0.4, -0.2) is 46.0 Å². The molecule has 3 rings (SSSR count). The average molecular weight is 285 g/mol. The molecule has 3 heterocycles. The molecule has 0 aliphatic heterocycles. The quantitative estimate of drug-likeness (QED) is 0.739. The number of aryl methyl sites for hydroxylation is 1. The fraction of sp³-hybridized carbons (Fsp3) is 0.333. The van der Waals surface area contributed by atoms with Crippen LogP contribution >= 0.6 is 0 Å². The molecule has 0 aromatic carbocycles. The second-order valence-electron chi connectivity index (χ2n) is 4.43. The van der Waals surface area contributed by atoms with E-state index in [2.05, 4.69) is 42.4 Å². The Morgan fingerprint density at radius 2 is 1.95 bits per heavy atom. The minimum atomic E-state index is 0.393. The molecule has 0 spiro atoms. The third-order valence-corrected chi connectivity index (χ3v) is 2.70. The molecular formula is C12H15N9. The summed E-state index contributed by atoms with van der Waals surface area (Å²) >= 11 is 0. The van der Waals surface area contributed by atoms with Gasteiger partial charge in [-0.15, -0.1) is 0 Å². The molecule has 9 heteroatoms. The van der Waals surface area contributed by atoms with Crippen LogP contribution in [0, 0.1) is 6.92 Å². The van der Waals surface area contributed by atoms with E-state index in [1.54, 1.807) is 10.9 Å². The number of nitrogens with zero attached hydrogens (tertiary/aromatic N) is 8. The van der Waals surface area contributed by atoms with E-state index in [1.165, 1.54) is 17.3 Å². The normalized spacial score (nSPS) is 10.8. The van der Waals surface area contributed by atoms with Crippen molar-refractivity contribution in [2.24, 2.45) is 0 Å². The van der Waals surface area contributed by atoms with Crippen LogP contribution in [0.5, 0.6) is 0 Å². The van der Waals surface area contributed by atoms with Crippen LogP contribution in [-0.2, 0) is 0 Å². The molecule has 0 fully saturated rings. The maximum atomic E-state index is 4.37. The summed E-state index contributed by atoms with van der Waals surface area (Å²) in [7, 11) is 0. The summed E-state index contributed by atoms with van der Waals surface area (Å²) in [5.74, 6) is 1.31. The molecule has 0 radical (unpaired) electrons. The molecule has 3 aromatic heterocycles. The Bertz CT molecular complexity index is 716. The van der Waals surface area contributed by atoms with E-state index in [4.69, 9.17) is 0 Å². The van der Waals surface area contributed by atoms with Gasteiger partial charge in [0, 0.05) is 12.7 Å². The summed E-state index contributed by atoms with van der Waals surface area (Å²) in [4.78, 5) is 17.0. The third kappa shape index (κ3) is 2.86. The van der Waals surface area contributed by atoms with Crippen LogP contribution in [0.3, 0.4) is 0 Å². The van der Waals surface area contributed by atoms with Gasteiger partial charge >= 0.3 is 0 Å². The van der Waals surface area contributed by atoms with Gasteiger partial charge in [0.25, 0.3) is 11.9 Å². The van der Waals surface area contributed by atoms with Crippen LogP contribution < -0.4 is 5.32 Å². The molecule has 0 atom stereocenters. The number of anilines is 1. The van der Waals surface area contributed by atoms with Gasteiger partial charge in [-0.3, -0.25) is 0 Å². The van der Waals surface area contributed by atoms with Crippen molar-refractivity contribution in [1.29, 1.82) is 0 Å². The summed E-state index contributed by atoms with van der Waals surface area (Å²) in [6.07, 6.45) is 5.75. The first-order chi connectivity index (χ1) is 10.3. The number of aromatic nitrogens is 8. The monoisotopic (exact) mass is 285 g/mol. The summed E-state index contributed by atoms with van der Waals surface area (Å²) in [5.41, 5.74) is 0.890. The van der Waals surface area contributed by atoms with Gasteiger partial charge in [0.05, 0.1) is 5.69 Å². The maximum Gasteiger partial charge on any atom is 0.258 e. The second kappa shape index (κ2) is 5.65. The standard InChI is InChI=1S/C12H15N9/c1-3-5-14-10-16-11(20-6-4-9(2)19-20)18-12(17-10)21-8-13-7-15-21/h4,6-8H,3,5H2,1-2H3,(H,14,16,17,18). The van der Waals surface area contributed by atoms with Gasteiger partial charge in [-0.1, -0.05) is 6.92 Å². The van der Waals surface area contributed by atoms with Crippen molar-refractivity contribution >= 4 is 5.95 Å². The first-order valence-corrected chi connectivity index (χ1v) is 6.64. The predicted octanol–water partition coefficient (Wildman–Crippen LogP) is 0.768. The lowest BCUT2D eigenvalue weighted by Gasteiger charge is -2.07. The van der Waals surface area contributed by atoms with Gasteiger partial charge in [0.1, 0.15) is 12.7 Å². The zero-order chi connectivity index (χ0) is 14.7. The predicted molar refractivity (Wildman–Crippen MR) is 75.4 cm³/mol. The SMILES string of the molecule is CCCNc1nc(-n2cncn2)nc(-n2ccc(C)n2)n1. The fourth-order valence-corrected chi connectivity index (χ4v) is 1.71. The van der Waals surface area contributed by atoms with Gasteiger partial charge in [0.2, 0.25) is 5.95 Å². The lowest BCUT2D eigenvalue weighted by Crippen LogP contribution is -2.13. The topological polar surface area (TPSA) is 99.2 Å². The molecule has 0 aliphatic carbocycles. The lowest BCUT2D eigenvalue weighted by molar-refractivity contribution is 0.739. The van der Waals surface area contributed by atoms with E-state index in [-0.39, 0.29) is 0 Å². The molecule has 0 unspecified atom stereocenters. The maximum absolute atomic E-state index is 4.37. The highest BCUT2D eigenvalue weighted by molar-refractivity contribution is 5.32. The summed E-state index contributed by atoms with van der Waals surface area (Å²) in [6, 6.07) is 1.89. The fourth-order valence-electron chi connectivity index (χ4n) is 1.71. The molecular weight excluding hydrogens is 270 g/mol. The summed E-state index contributed by atoms with van der Waals surface area (Å²) < 4.78 is 3.09. The smallest absolute Gasteiger partial charge is 0.258 e. The van der Waals surface area contributed by atoms with Crippen LogP contribution in [0.2, 0.25) is 0 Å². The zero-order valence-electron chi connectivity index (χ0n) is 11.8. The Labute approximate surface area is 121 Å². The van der Waals surface area contributed by atoms with E-state index in [1.807, 2.05) is 13.0 Å². The highest BCUT2D eigenvalue weighted by Gasteiger charge is 2.10. The van der Waals surface area contributed by atoms with Gasteiger partial charge in [-0.05, 0) is 19.4 Å². The Kier molecular flexibility index (Phi) is 3.54. The van der Waals surface area contributed by atoms with E-state index in [0.29, 0.717) is 17.8 Å². The molecule has 0 aliphatic rings. The molecule has 21 heavy (non-hydrogen) atoms. The summed E-state index contributed by atoms with van der Waals surface area (Å²) in [5, 5.41) is 11.5. The van der Waals surface area contributed by atoms with Crippen LogP contribution in [0.4, 0.5) is 5.95 Å². The first kappa shape index (κ1) is 13.2. The average Bonchev–Trinajstić information content (AvgIpc) is 3.16. The molecule has 0 saturated carbocycles. The lowest BCUT2D eigenvalue weighted by atomic mass is 10.5. The molecule has 1 N–H and O–H groups in total. The van der Waals surface area contributed by atoms with E-state index >= 15 is 0 Å². The van der Waals surface area contributed by atoms with Crippen molar-refractivity contribution in [2.75, 3.05) is 11.9 Å². The van der Waals surface area contributed by atoms with E-state index in [0.717, 1.165) is 18.7 Å². The van der Waals surface area contributed by atoms with Crippen molar-refractivity contribution < 1.29 is 0 Å². The molecule has 0 saturated heterocycles. The first-order valence-electron chi connectivity index (χ1n) is 6.64. The largest absolute Gasteiger partial charge is 0.354 e. The second-order valence-corrected chi connectivity index (χ2v) is 4.43. The van der Waals surface area contributed by atoms with Gasteiger partial charge < -0.3 is 5.32 Å². The molecule has 0 bridgehead atoms. The Balaban J connectivity index is 2.04. The molecule has 3 aromatic rings. The number of hydrogen-bond donors (Lipinski definition) is 1. The van der Waals surface area contributed by atoms with Gasteiger partial charge in [-0.2, -0.15) is 29.8 Å². The number of rotatable bonds is 5. The molecule has 108 valence electrons. The highest BCUT2D eigenvalue weighted by atomic mass is 15.4. The Hall–Kier alpha value is -2.84. The van der Waals surface area contributed by atoms with Crippen molar-refractivity contribution in [1.82, 2.24) is 39.5 Å². The zero-order valence-corrected chi connectivity index (χ0v) is 11.8. The van der Waals surface area contributed by atoms with Crippen LogP contribution in [0.1, 0.15) is 19.0 Å². The Morgan fingerprint density at radius 1 is 1.14 bits per heavy atom. The van der Waals surface area contributed by atoms with Crippen molar-refractivity contribution in [3.8, 4) is 11.9 Å².